The highest BCUT2D eigenvalue weighted by molar-refractivity contribution is 6.54. The van der Waals surface area contributed by atoms with Gasteiger partial charge >= 0.3 is 0 Å². The summed E-state index contributed by atoms with van der Waals surface area (Å²) in [7, 11) is 0. The molecular formula is C29H27N2O3+. The van der Waals surface area contributed by atoms with Crippen LogP contribution in [-0.2, 0) is 16.0 Å². The van der Waals surface area contributed by atoms with E-state index in [9.17, 15) is 14.7 Å². The predicted octanol–water partition coefficient (Wildman–Crippen LogP) is 5.07. The van der Waals surface area contributed by atoms with Crippen molar-refractivity contribution < 1.29 is 19.3 Å². The minimum absolute atomic E-state index is 0.0496. The van der Waals surface area contributed by atoms with Gasteiger partial charge in [0.15, 0.2) is 5.71 Å². The van der Waals surface area contributed by atoms with E-state index in [-0.39, 0.29) is 16.9 Å². The number of benzene rings is 2. The Morgan fingerprint density at radius 1 is 0.941 bits per heavy atom. The topological polar surface area (TPSA) is 60.6 Å². The van der Waals surface area contributed by atoms with Crippen molar-refractivity contribution in [1.29, 1.82) is 0 Å². The fraction of sp³-hybridized carbons (Fsp3) is 0.207. The van der Waals surface area contributed by atoms with Crippen LogP contribution in [-0.4, -0.2) is 40.0 Å². The molecular weight excluding hydrogens is 424 g/mol. The van der Waals surface area contributed by atoms with E-state index >= 15 is 0 Å². The molecule has 0 saturated carbocycles. The van der Waals surface area contributed by atoms with Crippen molar-refractivity contribution in [2.75, 3.05) is 18.0 Å². The number of carbonyl (C=O) groups excluding carboxylic acids is 2. The van der Waals surface area contributed by atoms with Gasteiger partial charge in [0.25, 0.3) is 0 Å². The SMILES string of the molecule is CCN1/C(=C/C2=C(O)C(=C\C3=[N+](CC)c4ccccc4CC3)/C(=O)C2=O)C=Cc2ccccc21. The summed E-state index contributed by atoms with van der Waals surface area (Å²) in [5.41, 5.74) is 6.30. The highest BCUT2D eigenvalue weighted by Gasteiger charge is 2.37. The van der Waals surface area contributed by atoms with Crippen LogP contribution in [0.15, 0.2) is 89.4 Å². The number of hydrogen-bond donors (Lipinski definition) is 1. The molecule has 0 spiro atoms. The number of anilines is 1. The molecule has 2 aliphatic heterocycles. The molecule has 2 heterocycles. The van der Waals surface area contributed by atoms with Crippen molar-refractivity contribution >= 4 is 34.7 Å². The van der Waals surface area contributed by atoms with Gasteiger partial charge in [0.2, 0.25) is 17.3 Å². The molecule has 2 aromatic rings. The lowest BCUT2D eigenvalue weighted by molar-refractivity contribution is -0.439. The van der Waals surface area contributed by atoms with E-state index in [2.05, 4.69) is 28.5 Å². The van der Waals surface area contributed by atoms with Gasteiger partial charge in [-0.2, -0.15) is 4.58 Å². The largest absolute Gasteiger partial charge is 0.506 e. The van der Waals surface area contributed by atoms with Crippen molar-refractivity contribution in [2.24, 2.45) is 0 Å². The van der Waals surface area contributed by atoms with Gasteiger partial charge in [-0.1, -0.05) is 42.5 Å². The quantitative estimate of drug-likeness (QED) is 0.401. The molecule has 0 radical (unpaired) electrons. The lowest BCUT2D eigenvalue weighted by Crippen LogP contribution is -2.24. The van der Waals surface area contributed by atoms with E-state index in [1.54, 1.807) is 12.2 Å². The fourth-order valence-corrected chi connectivity index (χ4v) is 5.01. The third-order valence-corrected chi connectivity index (χ3v) is 6.69. The summed E-state index contributed by atoms with van der Waals surface area (Å²) >= 11 is 0. The normalized spacial score (nSPS) is 20.0. The maximum Gasteiger partial charge on any atom is 0.237 e. The number of aryl methyl sites for hydroxylation is 1. The van der Waals surface area contributed by atoms with Crippen LogP contribution in [0, 0.1) is 0 Å². The molecule has 5 heteroatoms. The van der Waals surface area contributed by atoms with Crippen LogP contribution in [0.4, 0.5) is 11.4 Å². The van der Waals surface area contributed by atoms with Crippen LogP contribution in [0.25, 0.3) is 6.08 Å². The first kappa shape index (κ1) is 21.8. The molecule has 170 valence electrons. The molecule has 3 aliphatic rings. The summed E-state index contributed by atoms with van der Waals surface area (Å²) in [5, 5.41) is 11.0. The lowest BCUT2D eigenvalue weighted by atomic mass is 9.98. The summed E-state index contributed by atoms with van der Waals surface area (Å²) < 4.78 is 2.15. The van der Waals surface area contributed by atoms with Crippen LogP contribution in [0.5, 0.6) is 0 Å². The van der Waals surface area contributed by atoms with Gasteiger partial charge in [-0.05, 0) is 44.1 Å². The van der Waals surface area contributed by atoms with Gasteiger partial charge in [-0.25, -0.2) is 0 Å². The number of aliphatic hydroxyl groups excluding tert-OH is 1. The van der Waals surface area contributed by atoms with E-state index in [0.29, 0.717) is 6.54 Å². The Hall–Kier alpha value is -3.99. The molecule has 2 aromatic carbocycles. The zero-order valence-corrected chi connectivity index (χ0v) is 19.4. The van der Waals surface area contributed by atoms with Crippen LogP contribution in [0.2, 0.25) is 0 Å². The smallest absolute Gasteiger partial charge is 0.237 e. The molecule has 0 bridgehead atoms. The number of carbonyl (C=O) groups is 2. The molecule has 0 fully saturated rings. The summed E-state index contributed by atoms with van der Waals surface area (Å²) in [6.45, 7) is 5.51. The first-order chi connectivity index (χ1) is 16.5. The van der Waals surface area contributed by atoms with E-state index in [4.69, 9.17) is 0 Å². The number of allylic oxidation sites excluding steroid dienone is 5. The third kappa shape index (κ3) is 3.54. The molecule has 0 atom stereocenters. The molecule has 34 heavy (non-hydrogen) atoms. The van der Waals surface area contributed by atoms with Crippen molar-refractivity contribution in [3.05, 3.63) is 100 Å². The molecule has 1 N–H and O–H groups in total. The number of fused-ring (bicyclic) bond motifs is 2. The zero-order valence-electron chi connectivity index (χ0n) is 19.4. The average molecular weight is 452 g/mol. The van der Waals surface area contributed by atoms with Gasteiger partial charge < -0.3 is 10.0 Å². The molecule has 5 nitrogen and oxygen atoms in total. The molecule has 5 rings (SSSR count). The van der Waals surface area contributed by atoms with Gasteiger partial charge in [0.05, 0.1) is 11.1 Å². The van der Waals surface area contributed by atoms with Crippen molar-refractivity contribution in [2.45, 2.75) is 26.7 Å². The predicted molar refractivity (Wildman–Crippen MR) is 135 cm³/mol. The molecule has 1 aliphatic carbocycles. The first-order valence-corrected chi connectivity index (χ1v) is 11.8. The highest BCUT2D eigenvalue weighted by Crippen LogP contribution is 2.34. The number of para-hydroxylation sites is 2. The van der Waals surface area contributed by atoms with Crippen molar-refractivity contribution in [3.8, 4) is 0 Å². The summed E-state index contributed by atoms with van der Waals surface area (Å²) in [6, 6.07) is 16.2. The second-order valence-corrected chi connectivity index (χ2v) is 8.55. The van der Waals surface area contributed by atoms with Crippen LogP contribution in [0.1, 0.15) is 31.4 Å². The van der Waals surface area contributed by atoms with Gasteiger partial charge in [0, 0.05) is 42.1 Å². The fourth-order valence-electron chi connectivity index (χ4n) is 5.01. The van der Waals surface area contributed by atoms with E-state index in [0.717, 1.165) is 47.7 Å². The molecule has 0 unspecified atom stereocenters. The Morgan fingerprint density at radius 3 is 2.50 bits per heavy atom. The standard InChI is InChI=1S/C29H26N2O3/c1-3-30-21(15-13-19-9-5-7-11-25(19)30)17-23-27(32)24(29(34)28(23)33)18-22-16-14-20-10-6-8-12-26(20)31(22)4-2/h5-13,15,17-18H,3-4,14,16H2,1-2H3/p+1. The Balaban J connectivity index is 1.57. The van der Waals surface area contributed by atoms with Gasteiger partial charge in [-0.3, -0.25) is 9.59 Å². The van der Waals surface area contributed by atoms with Gasteiger partial charge in [-0.15, -0.1) is 0 Å². The summed E-state index contributed by atoms with van der Waals surface area (Å²) in [4.78, 5) is 27.9. The van der Waals surface area contributed by atoms with E-state index < -0.39 is 11.6 Å². The maximum absolute atomic E-state index is 12.9. The molecule has 0 saturated heterocycles. The number of rotatable bonds is 4. The van der Waals surface area contributed by atoms with Crippen molar-refractivity contribution in [1.82, 2.24) is 0 Å². The van der Waals surface area contributed by atoms with Crippen molar-refractivity contribution in [3.63, 3.8) is 0 Å². The second-order valence-electron chi connectivity index (χ2n) is 8.55. The first-order valence-electron chi connectivity index (χ1n) is 11.8. The number of Topliss-reactive ketones (excluding diaryl/α,β-unsaturated/α-hetero) is 2. The Labute approximate surface area is 199 Å². The Kier molecular flexibility index (Phi) is 5.62. The number of nitrogens with zero attached hydrogens (tertiary/aromatic N) is 2. The van der Waals surface area contributed by atoms with Crippen LogP contribution >= 0.6 is 0 Å². The number of likely N-dealkylation sites (N-methyl/N-ethyl adjacent to an activating group) is 1. The Bertz CT molecular complexity index is 1370. The number of aliphatic hydroxyl groups is 1. The van der Waals surface area contributed by atoms with Gasteiger partial charge in [0.1, 0.15) is 12.3 Å². The highest BCUT2D eigenvalue weighted by atomic mass is 16.3. The average Bonchev–Trinajstić information content (AvgIpc) is 3.06. The Morgan fingerprint density at radius 2 is 1.71 bits per heavy atom. The van der Waals surface area contributed by atoms with Crippen LogP contribution in [0.3, 0.4) is 0 Å². The number of hydrogen-bond acceptors (Lipinski definition) is 4. The minimum atomic E-state index is -0.667. The molecule has 0 amide bonds. The minimum Gasteiger partial charge on any atom is -0.506 e. The third-order valence-electron chi connectivity index (χ3n) is 6.69. The van der Waals surface area contributed by atoms with E-state index in [1.165, 1.54) is 5.56 Å². The molecule has 0 aromatic heterocycles. The maximum atomic E-state index is 12.9. The van der Waals surface area contributed by atoms with E-state index in [1.807, 2.05) is 55.5 Å². The van der Waals surface area contributed by atoms with Crippen LogP contribution < -0.4 is 4.90 Å². The lowest BCUT2D eigenvalue weighted by Gasteiger charge is -2.29. The zero-order chi connectivity index (χ0) is 23.8. The monoisotopic (exact) mass is 451 g/mol. The summed E-state index contributed by atoms with van der Waals surface area (Å²) in [6.07, 6.45) is 8.82. The number of ketones is 2. The summed E-state index contributed by atoms with van der Waals surface area (Å²) in [5.74, 6) is -1.57. The second kappa shape index (κ2) is 8.75.